The van der Waals surface area contributed by atoms with Crippen molar-refractivity contribution in [3.63, 3.8) is 0 Å². The predicted octanol–water partition coefficient (Wildman–Crippen LogP) is 3.77. The Hall–Kier alpha value is -1.38. The van der Waals surface area contributed by atoms with Crippen molar-refractivity contribution in [2.24, 2.45) is 5.92 Å². The topological polar surface area (TPSA) is 21.3 Å². The number of nitrogens with one attached hydrogen (secondary N) is 1. The van der Waals surface area contributed by atoms with Gasteiger partial charge in [-0.05, 0) is 35.4 Å². The van der Waals surface area contributed by atoms with Crippen molar-refractivity contribution >= 4 is 10.8 Å². The van der Waals surface area contributed by atoms with Gasteiger partial charge in [0.15, 0.2) is 0 Å². The van der Waals surface area contributed by atoms with Crippen molar-refractivity contribution in [3.8, 4) is 0 Å². The Morgan fingerprint density at radius 3 is 2.42 bits per heavy atom. The maximum Gasteiger partial charge on any atom is 0.0661 e. The Bertz CT molecular complexity index is 521. The van der Waals surface area contributed by atoms with Crippen LogP contribution in [0.3, 0.4) is 0 Å². The second-order valence-electron chi connectivity index (χ2n) is 5.38. The fourth-order valence-corrected chi connectivity index (χ4v) is 2.19. The lowest BCUT2D eigenvalue weighted by molar-refractivity contribution is 0.0919. The number of benzene rings is 2. The van der Waals surface area contributed by atoms with Gasteiger partial charge in [-0.25, -0.2) is 0 Å². The quantitative estimate of drug-likeness (QED) is 0.850. The van der Waals surface area contributed by atoms with Crippen LogP contribution in [0.4, 0.5) is 0 Å². The Kier molecular flexibility index (Phi) is 4.94. The van der Waals surface area contributed by atoms with Gasteiger partial charge in [0, 0.05) is 6.61 Å². The lowest BCUT2D eigenvalue weighted by Crippen LogP contribution is -2.22. The molecule has 1 N–H and O–H groups in total. The lowest BCUT2D eigenvalue weighted by Gasteiger charge is -2.18. The first-order valence-electron chi connectivity index (χ1n) is 6.94. The van der Waals surface area contributed by atoms with Gasteiger partial charge >= 0.3 is 0 Å². The summed E-state index contributed by atoms with van der Waals surface area (Å²) in [5.74, 6) is 0.578. The second kappa shape index (κ2) is 6.69. The van der Waals surface area contributed by atoms with Crippen LogP contribution in [-0.2, 0) is 4.74 Å². The molecule has 0 spiro atoms. The van der Waals surface area contributed by atoms with E-state index < -0.39 is 0 Å². The van der Waals surface area contributed by atoms with Crippen molar-refractivity contribution in [2.75, 3.05) is 20.3 Å². The third-order valence-corrected chi connectivity index (χ3v) is 3.26. The molecular formula is C17H23NO. The lowest BCUT2D eigenvalue weighted by atomic mass is 10.0. The molecule has 19 heavy (non-hydrogen) atoms. The zero-order valence-electron chi connectivity index (χ0n) is 12.0. The zero-order chi connectivity index (χ0) is 13.7. The van der Waals surface area contributed by atoms with Gasteiger partial charge in [-0.2, -0.15) is 0 Å². The minimum atomic E-state index is 0.253. The summed E-state index contributed by atoms with van der Waals surface area (Å²) in [6.07, 6.45) is 0. The van der Waals surface area contributed by atoms with Crippen LogP contribution in [0.5, 0.6) is 0 Å². The molecule has 0 heterocycles. The van der Waals surface area contributed by atoms with Gasteiger partial charge in [0.2, 0.25) is 0 Å². The molecule has 0 amide bonds. The molecule has 2 heteroatoms. The zero-order valence-corrected chi connectivity index (χ0v) is 12.0. The van der Waals surface area contributed by atoms with E-state index in [0.29, 0.717) is 12.5 Å². The van der Waals surface area contributed by atoms with Crippen LogP contribution in [0.1, 0.15) is 25.5 Å². The molecule has 0 aliphatic heterocycles. The third-order valence-electron chi connectivity index (χ3n) is 3.26. The fourth-order valence-electron chi connectivity index (χ4n) is 2.19. The molecule has 2 nitrogen and oxygen atoms in total. The highest BCUT2D eigenvalue weighted by Crippen LogP contribution is 2.20. The first-order valence-corrected chi connectivity index (χ1v) is 6.94. The highest BCUT2D eigenvalue weighted by atomic mass is 16.5. The molecule has 0 aromatic heterocycles. The molecule has 1 unspecified atom stereocenters. The van der Waals surface area contributed by atoms with E-state index in [0.717, 1.165) is 6.61 Å². The number of fused-ring (bicyclic) bond motifs is 1. The van der Waals surface area contributed by atoms with E-state index in [-0.39, 0.29) is 6.04 Å². The smallest absolute Gasteiger partial charge is 0.0661 e. The molecular weight excluding hydrogens is 234 g/mol. The molecule has 0 saturated heterocycles. The van der Waals surface area contributed by atoms with Gasteiger partial charge in [0.05, 0.1) is 12.6 Å². The average Bonchev–Trinajstić information content (AvgIpc) is 2.43. The molecule has 0 aliphatic carbocycles. The van der Waals surface area contributed by atoms with Crippen molar-refractivity contribution in [1.82, 2.24) is 5.32 Å². The van der Waals surface area contributed by atoms with E-state index in [1.807, 2.05) is 7.05 Å². The summed E-state index contributed by atoms with van der Waals surface area (Å²) in [5, 5.41) is 5.90. The fraction of sp³-hybridized carbons (Fsp3) is 0.412. The van der Waals surface area contributed by atoms with Crippen LogP contribution in [-0.4, -0.2) is 20.3 Å². The van der Waals surface area contributed by atoms with Crippen molar-refractivity contribution in [2.45, 2.75) is 19.9 Å². The van der Waals surface area contributed by atoms with Gasteiger partial charge in [0.1, 0.15) is 0 Å². The summed E-state index contributed by atoms with van der Waals surface area (Å²) in [7, 11) is 1.98. The van der Waals surface area contributed by atoms with Crippen LogP contribution in [0.2, 0.25) is 0 Å². The molecule has 2 rings (SSSR count). The highest BCUT2D eigenvalue weighted by Gasteiger charge is 2.10. The molecule has 0 saturated carbocycles. The third kappa shape index (κ3) is 3.79. The predicted molar refractivity (Wildman–Crippen MR) is 81.4 cm³/mol. The van der Waals surface area contributed by atoms with Crippen molar-refractivity contribution in [1.29, 1.82) is 0 Å². The monoisotopic (exact) mass is 257 g/mol. The molecule has 0 radical (unpaired) electrons. The molecule has 1 atom stereocenters. The van der Waals surface area contributed by atoms with Gasteiger partial charge in [-0.1, -0.05) is 50.2 Å². The van der Waals surface area contributed by atoms with Crippen LogP contribution in [0.15, 0.2) is 42.5 Å². The SMILES string of the molecule is CNC(COCC(C)C)c1ccc2ccccc2c1. The number of likely N-dealkylation sites (N-methyl/N-ethyl adjacent to an activating group) is 1. The number of hydrogen-bond acceptors (Lipinski definition) is 2. The van der Waals surface area contributed by atoms with Crippen LogP contribution in [0, 0.1) is 5.92 Å². The Morgan fingerprint density at radius 2 is 1.74 bits per heavy atom. The Morgan fingerprint density at radius 1 is 1.00 bits per heavy atom. The molecule has 0 aliphatic rings. The summed E-state index contributed by atoms with van der Waals surface area (Å²) < 4.78 is 5.75. The van der Waals surface area contributed by atoms with Crippen LogP contribution < -0.4 is 5.32 Å². The Balaban J connectivity index is 2.11. The van der Waals surface area contributed by atoms with Crippen LogP contribution in [0.25, 0.3) is 10.8 Å². The average molecular weight is 257 g/mol. The standard InChI is InChI=1S/C17H23NO/c1-13(2)11-19-12-17(18-3)16-9-8-14-6-4-5-7-15(14)10-16/h4-10,13,17-18H,11-12H2,1-3H3. The van der Waals surface area contributed by atoms with E-state index >= 15 is 0 Å². The normalized spacial score (nSPS) is 13.1. The number of hydrogen-bond donors (Lipinski definition) is 1. The van der Waals surface area contributed by atoms with Crippen molar-refractivity contribution < 1.29 is 4.74 Å². The van der Waals surface area contributed by atoms with E-state index in [4.69, 9.17) is 4.74 Å². The summed E-state index contributed by atoms with van der Waals surface area (Å²) in [6.45, 7) is 5.87. The molecule has 2 aromatic rings. The van der Waals surface area contributed by atoms with E-state index in [1.165, 1.54) is 16.3 Å². The maximum absolute atomic E-state index is 5.75. The maximum atomic E-state index is 5.75. The summed E-state index contributed by atoms with van der Waals surface area (Å²) in [5.41, 5.74) is 1.28. The van der Waals surface area contributed by atoms with Crippen molar-refractivity contribution in [3.05, 3.63) is 48.0 Å². The van der Waals surface area contributed by atoms with Gasteiger partial charge < -0.3 is 10.1 Å². The Labute approximate surface area is 115 Å². The van der Waals surface area contributed by atoms with E-state index in [9.17, 15) is 0 Å². The molecule has 2 aromatic carbocycles. The van der Waals surface area contributed by atoms with Gasteiger partial charge in [-0.15, -0.1) is 0 Å². The van der Waals surface area contributed by atoms with Crippen LogP contribution >= 0.6 is 0 Å². The molecule has 0 fully saturated rings. The largest absolute Gasteiger partial charge is 0.379 e. The summed E-state index contributed by atoms with van der Waals surface area (Å²) >= 11 is 0. The first kappa shape index (κ1) is 14.0. The van der Waals surface area contributed by atoms with Gasteiger partial charge in [0.25, 0.3) is 0 Å². The number of ether oxygens (including phenoxy) is 1. The first-order chi connectivity index (χ1) is 9.20. The van der Waals surface area contributed by atoms with Gasteiger partial charge in [-0.3, -0.25) is 0 Å². The summed E-state index contributed by atoms with van der Waals surface area (Å²) in [4.78, 5) is 0. The number of rotatable bonds is 6. The summed E-state index contributed by atoms with van der Waals surface area (Å²) in [6, 6.07) is 15.3. The minimum absolute atomic E-state index is 0.253. The minimum Gasteiger partial charge on any atom is -0.379 e. The van der Waals surface area contributed by atoms with E-state index in [2.05, 4.69) is 61.6 Å². The highest BCUT2D eigenvalue weighted by molar-refractivity contribution is 5.83. The second-order valence-corrected chi connectivity index (χ2v) is 5.38. The molecule has 0 bridgehead atoms. The molecule has 102 valence electrons. The van der Waals surface area contributed by atoms with E-state index in [1.54, 1.807) is 0 Å².